The SMILES string of the molecule is O=C(NNC(=O)c1cc2c(s1)CCCCCC2)c1ccc([N+](=O)[O-])cc1. The molecule has 1 aliphatic carbocycles. The number of nitrogens with zero attached hydrogens (tertiary/aromatic N) is 1. The quantitative estimate of drug-likeness (QED) is 0.636. The minimum Gasteiger partial charge on any atom is -0.267 e. The summed E-state index contributed by atoms with van der Waals surface area (Å²) in [6, 6.07) is 7.09. The lowest BCUT2D eigenvalue weighted by Gasteiger charge is -2.07. The molecule has 2 amide bonds. The average Bonchev–Trinajstić information content (AvgIpc) is 3.01. The Balaban J connectivity index is 1.60. The van der Waals surface area contributed by atoms with Gasteiger partial charge in [0.1, 0.15) is 0 Å². The predicted octanol–water partition coefficient (Wildman–Crippen LogP) is 3.39. The third-order valence-corrected chi connectivity index (χ3v) is 5.59. The van der Waals surface area contributed by atoms with Crippen LogP contribution in [0.5, 0.6) is 0 Å². The monoisotopic (exact) mass is 373 g/mol. The Hall–Kier alpha value is -2.74. The van der Waals surface area contributed by atoms with Gasteiger partial charge in [0.15, 0.2) is 0 Å². The molecule has 0 saturated heterocycles. The molecule has 0 bridgehead atoms. The van der Waals surface area contributed by atoms with E-state index in [0.717, 1.165) is 25.7 Å². The lowest BCUT2D eigenvalue weighted by Crippen LogP contribution is -2.41. The average molecular weight is 373 g/mol. The summed E-state index contributed by atoms with van der Waals surface area (Å²) < 4.78 is 0. The number of hydrogen-bond acceptors (Lipinski definition) is 5. The number of carbonyl (C=O) groups excluding carboxylic acids is 2. The first-order valence-electron chi connectivity index (χ1n) is 8.51. The summed E-state index contributed by atoms with van der Waals surface area (Å²) in [5.74, 6) is -0.875. The predicted molar refractivity (Wildman–Crippen MR) is 98.2 cm³/mol. The van der Waals surface area contributed by atoms with Crippen LogP contribution in [-0.2, 0) is 12.8 Å². The molecule has 136 valence electrons. The fourth-order valence-corrected chi connectivity index (χ4v) is 4.09. The lowest BCUT2D eigenvalue weighted by molar-refractivity contribution is -0.384. The van der Waals surface area contributed by atoms with Crippen LogP contribution in [0.15, 0.2) is 30.3 Å². The third kappa shape index (κ3) is 4.26. The maximum Gasteiger partial charge on any atom is 0.279 e. The van der Waals surface area contributed by atoms with E-state index in [-0.39, 0.29) is 17.2 Å². The van der Waals surface area contributed by atoms with Crippen molar-refractivity contribution in [3.63, 3.8) is 0 Å². The molecule has 3 rings (SSSR count). The van der Waals surface area contributed by atoms with Crippen molar-refractivity contribution in [3.05, 3.63) is 61.3 Å². The summed E-state index contributed by atoms with van der Waals surface area (Å²) >= 11 is 1.48. The first kappa shape index (κ1) is 18.1. The Morgan fingerprint density at radius 1 is 0.962 bits per heavy atom. The fraction of sp³-hybridized carbons (Fsp3) is 0.333. The normalized spacial score (nSPS) is 13.8. The summed E-state index contributed by atoms with van der Waals surface area (Å²) in [6.07, 6.45) is 6.73. The van der Waals surface area contributed by atoms with Crippen molar-refractivity contribution in [2.75, 3.05) is 0 Å². The highest BCUT2D eigenvalue weighted by molar-refractivity contribution is 7.14. The molecule has 0 spiro atoms. The van der Waals surface area contributed by atoms with E-state index in [1.165, 1.54) is 58.9 Å². The van der Waals surface area contributed by atoms with Gasteiger partial charge in [-0.2, -0.15) is 0 Å². The van der Waals surface area contributed by atoms with Gasteiger partial charge in [-0.15, -0.1) is 11.3 Å². The number of thiophene rings is 1. The van der Waals surface area contributed by atoms with Crippen molar-refractivity contribution in [2.24, 2.45) is 0 Å². The molecular formula is C18H19N3O4S. The summed E-state index contributed by atoms with van der Waals surface area (Å²) in [5.41, 5.74) is 6.14. The Morgan fingerprint density at radius 2 is 1.62 bits per heavy atom. The van der Waals surface area contributed by atoms with Crippen molar-refractivity contribution >= 4 is 28.8 Å². The number of nitro groups is 1. The van der Waals surface area contributed by atoms with Crippen LogP contribution >= 0.6 is 11.3 Å². The zero-order valence-corrected chi connectivity index (χ0v) is 14.9. The number of non-ortho nitro benzene ring substituents is 1. The van der Waals surface area contributed by atoms with Gasteiger partial charge in [-0.1, -0.05) is 12.8 Å². The van der Waals surface area contributed by atoms with Crippen LogP contribution in [0.1, 0.15) is 56.2 Å². The van der Waals surface area contributed by atoms with E-state index in [2.05, 4.69) is 10.9 Å². The van der Waals surface area contributed by atoms with Gasteiger partial charge in [-0.05, 0) is 49.4 Å². The van der Waals surface area contributed by atoms with Gasteiger partial charge in [0.05, 0.1) is 9.80 Å². The molecule has 7 nitrogen and oxygen atoms in total. The molecule has 0 saturated carbocycles. The molecule has 0 fully saturated rings. The molecule has 0 unspecified atom stereocenters. The van der Waals surface area contributed by atoms with E-state index < -0.39 is 10.8 Å². The Morgan fingerprint density at radius 3 is 2.31 bits per heavy atom. The van der Waals surface area contributed by atoms with E-state index >= 15 is 0 Å². The number of hydrogen-bond donors (Lipinski definition) is 2. The molecular weight excluding hydrogens is 354 g/mol. The minimum absolute atomic E-state index is 0.0958. The largest absolute Gasteiger partial charge is 0.279 e. The van der Waals surface area contributed by atoms with E-state index in [4.69, 9.17) is 0 Å². The number of aryl methyl sites for hydroxylation is 2. The highest BCUT2D eigenvalue weighted by atomic mass is 32.1. The van der Waals surface area contributed by atoms with Crippen molar-refractivity contribution in [1.82, 2.24) is 10.9 Å². The van der Waals surface area contributed by atoms with Gasteiger partial charge in [-0.3, -0.25) is 30.6 Å². The van der Waals surface area contributed by atoms with E-state index in [1.807, 2.05) is 6.07 Å². The fourth-order valence-electron chi connectivity index (χ4n) is 2.94. The van der Waals surface area contributed by atoms with Crippen LogP contribution in [0.4, 0.5) is 5.69 Å². The number of amides is 2. The minimum atomic E-state index is -0.535. The highest BCUT2D eigenvalue weighted by Gasteiger charge is 2.17. The maximum absolute atomic E-state index is 12.3. The maximum atomic E-state index is 12.3. The number of nitrogens with one attached hydrogen (secondary N) is 2. The van der Waals surface area contributed by atoms with Gasteiger partial charge in [-0.25, -0.2) is 0 Å². The Labute approximate surface area is 154 Å². The van der Waals surface area contributed by atoms with Crippen molar-refractivity contribution in [2.45, 2.75) is 38.5 Å². The number of rotatable bonds is 3. The molecule has 1 heterocycles. The molecule has 0 radical (unpaired) electrons. The summed E-state index contributed by atoms with van der Waals surface area (Å²) in [6.45, 7) is 0. The van der Waals surface area contributed by atoms with E-state index in [0.29, 0.717) is 4.88 Å². The van der Waals surface area contributed by atoms with Gasteiger partial charge >= 0.3 is 0 Å². The zero-order chi connectivity index (χ0) is 18.5. The van der Waals surface area contributed by atoms with Crippen LogP contribution in [0.25, 0.3) is 0 Å². The van der Waals surface area contributed by atoms with E-state index in [9.17, 15) is 19.7 Å². The lowest BCUT2D eigenvalue weighted by atomic mass is 10.00. The molecule has 1 aliphatic rings. The first-order valence-corrected chi connectivity index (χ1v) is 9.33. The number of carbonyl (C=O) groups is 2. The summed E-state index contributed by atoms with van der Waals surface area (Å²) in [4.78, 5) is 36.3. The smallest absolute Gasteiger partial charge is 0.267 e. The number of benzene rings is 1. The van der Waals surface area contributed by atoms with Crippen LogP contribution < -0.4 is 10.9 Å². The van der Waals surface area contributed by atoms with Gasteiger partial charge < -0.3 is 0 Å². The van der Waals surface area contributed by atoms with Gasteiger partial charge in [0, 0.05) is 22.6 Å². The van der Waals surface area contributed by atoms with Crippen molar-refractivity contribution < 1.29 is 14.5 Å². The van der Waals surface area contributed by atoms with Gasteiger partial charge in [0.2, 0.25) is 0 Å². The second-order valence-electron chi connectivity index (χ2n) is 6.19. The topological polar surface area (TPSA) is 101 Å². The van der Waals surface area contributed by atoms with Crippen molar-refractivity contribution in [1.29, 1.82) is 0 Å². The molecule has 1 aromatic carbocycles. The Bertz CT molecular complexity index is 804. The highest BCUT2D eigenvalue weighted by Crippen LogP contribution is 2.28. The summed E-state index contributed by atoms with van der Waals surface area (Å²) in [5, 5.41) is 10.6. The number of hydrazine groups is 1. The van der Waals surface area contributed by atoms with E-state index in [1.54, 1.807) is 0 Å². The molecule has 0 aliphatic heterocycles. The van der Waals surface area contributed by atoms with Gasteiger partial charge in [0.25, 0.3) is 17.5 Å². The van der Waals surface area contributed by atoms with Crippen LogP contribution in [0.3, 0.4) is 0 Å². The molecule has 26 heavy (non-hydrogen) atoms. The molecule has 2 aromatic rings. The van der Waals surface area contributed by atoms with Crippen LogP contribution in [0.2, 0.25) is 0 Å². The van der Waals surface area contributed by atoms with Crippen LogP contribution in [0, 0.1) is 10.1 Å². The molecule has 0 atom stereocenters. The van der Waals surface area contributed by atoms with Crippen molar-refractivity contribution in [3.8, 4) is 0 Å². The second kappa shape index (κ2) is 8.09. The summed E-state index contributed by atoms with van der Waals surface area (Å²) in [7, 11) is 0. The second-order valence-corrected chi connectivity index (χ2v) is 7.32. The standard InChI is InChI=1S/C18H19N3O4S/c22-17(12-7-9-14(10-8-12)21(24)25)19-20-18(23)16-11-13-5-3-1-2-4-6-15(13)26-16/h7-11H,1-6H2,(H,19,22)(H,20,23). The number of nitro benzene ring substituents is 1. The first-order chi connectivity index (χ1) is 12.5. The number of fused-ring (bicyclic) bond motifs is 1. The van der Waals surface area contributed by atoms with Crippen LogP contribution in [-0.4, -0.2) is 16.7 Å². The molecule has 2 N–H and O–H groups in total. The molecule has 8 heteroatoms. The third-order valence-electron chi connectivity index (χ3n) is 4.35. The molecule has 1 aromatic heterocycles. The Kier molecular flexibility index (Phi) is 5.62. The zero-order valence-electron chi connectivity index (χ0n) is 14.1.